The van der Waals surface area contributed by atoms with Gasteiger partial charge in [-0.3, -0.25) is 4.79 Å². The van der Waals surface area contributed by atoms with Crippen LogP contribution in [0.1, 0.15) is 35.9 Å². The van der Waals surface area contributed by atoms with Crippen LogP contribution in [-0.4, -0.2) is 44.0 Å². The fourth-order valence-corrected chi connectivity index (χ4v) is 2.78. The zero-order valence-corrected chi connectivity index (χ0v) is 12.3. The van der Waals surface area contributed by atoms with Crippen molar-refractivity contribution in [1.82, 2.24) is 25.1 Å². The summed E-state index contributed by atoms with van der Waals surface area (Å²) in [5.41, 5.74) is 1.72. The molecule has 1 aliphatic rings. The van der Waals surface area contributed by atoms with Gasteiger partial charge in [-0.15, -0.1) is 0 Å². The van der Waals surface area contributed by atoms with E-state index in [1.807, 2.05) is 18.7 Å². The molecule has 0 bridgehead atoms. The quantitative estimate of drug-likeness (QED) is 0.851. The third-order valence-corrected chi connectivity index (χ3v) is 4.09. The van der Waals surface area contributed by atoms with Gasteiger partial charge in [0.1, 0.15) is 5.76 Å². The van der Waals surface area contributed by atoms with E-state index in [1.54, 1.807) is 17.2 Å². The van der Waals surface area contributed by atoms with Gasteiger partial charge in [0, 0.05) is 18.7 Å². The summed E-state index contributed by atoms with van der Waals surface area (Å²) < 4.78 is 5.11. The minimum Gasteiger partial charge on any atom is -0.361 e. The molecule has 0 unspecified atom stereocenters. The summed E-state index contributed by atoms with van der Waals surface area (Å²) in [7, 11) is 0. The Morgan fingerprint density at radius 2 is 1.95 bits per heavy atom. The first-order valence-corrected chi connectivity index (χ1v) is 7.20. The maximum Gasteiger partial charge on any atom is 0.227 e. The van der Waals surface area contributed by atoms with E-state index < -0.39 is 0 Å². The van der Waals surface area contributed by atoms with Gasteiger partial charge in [-0.25, -0.2) is 0 Å². The molecule has 7 heteroatoms. The number of nitrogens with zero attached hydrogens (tertiary/aromatic N) is 5. The fourth-order valence-electron chi connectivity index (χ4n) is 2.78. The Labute approximate surface area is 122 Å². The average Bonchev–Trinajstić information content (AvgIpc) is 3.13. The van der Waals surface area contributed by atoms with E-state index in [0.717, 1.165) is 42.9 Å². The monoisotopic (exact) mass is 289 g/mol. The van der Waals surface area contributed by atoms with Crippen molar-refractivity contribution in [2.75, 3.05) is 13.1 Å². The SMILES string of the molecule is Cc1noc(C)c1CC(=O)N1CCC(n2nccn2)CC1. The molecule has 112 valence electrons. The smallest absolute Gasteiger partial charge is 0.227 e. The molecule has 1 aliphatic heterocycles. The van der Waals surface area contributed by atoms with Crippen molar-refractivity contribution in [2.45, 2.75) is 39.2 Å². The summed E-state index contributed by atoms with van der Waals surface area (Å²) in [5, 5.41) is 12.2. The number of carbonyl (C=O) groups is 1. The van der Waals surface area contributed by atoms with Crippen LogP contribution < -0.4 is 0 Å². The fraction of sp³-hybridized carbons (Fsp3) is 0.571. The molecule has 3 heterocycles. The normalized spacial score (nSPS) is 16.4. The van der Waals surface area contributed by atoms with Crippen molar-refractivity contribution in [2.24, 2.45) is 0 Å². The Hall–Kier alpha value is -2.18. The summed E-state index contributed by atoms with van der Waals surface area (Å²) in [5.74, 6) is 0.868. The number of hydrogen-bond donors (Lipinski definition) is 0. The highest BCUT2D eigenvalue weighted by Gasteiger charge is 2.25. The molecule has 1 saturated heterocycles. The molecular formula is C14H19N5O2. The second-order valence-corrected chi connectivity index (χ2v) is 5.44. The van der Waals surface area contributed by atoms with Crippen LogP contribution in [0.25, 0.3) is 0 Å². The molecule has 3 rings (SSSR count). The Kier molecular flexibility index (Phi) is 3.72. The molecule has 0 aliphatic carbocycles. The zero-order valence-electron chi connectivity index (χ0n) is 12.3. The highest BCUT2D eigenvalue weighted by molar-refractivity contribution is 5.79. The summed E-state index contributed by atoms with van der Waals surface area (Å²) in [6.45, 7) is 5.20. The Balaban J connectivity index is 1.58. The lowest BCUT2D eigenvalue weighted by Crippen LogP contribution is -2.40. The van der Waals surface area contributed by atoms with Crippen LogP contribution in [0.3, 0.4) is 0 Å². The summed E-state index contributed by atoms with van der Waals surface area (Å²) >= 11 is 0. The van der Waals surface area contributed by atoms with Crippen LogP contribution >= 0.6 is 0 Å². The number of amides is 1. The highest BCUT2D eigenvalue weighted by atomic mass is 16.5. The molecule has 0 atom stereocenters. The largest absolute Gasteiger partial charge is 0.361 e. The van der Waals surface area contributed by atoms with Gasteiger partial charge in [-0.05, 0) is 26.7 Å². The predicted molar refractivity (Wildman–Crippen MR) is 74.6 cm³/mol. The predicted octanol–water partition coefficient (Wildman–Crippen LogP) is 1.29. The summed E-state index contributed by atoms with van der Waals surface area (Å²) in [6.07, 6.45) is 5.53. The number of rotatable bonds is 3. The molecule has 0 radical (unpaired) electrons. The van der Waals surface area contributed by atoms with Crippen LogP contribution in [0.2, 0.25) is 0 Å². The second-order valence-electron chi connectivity index (χ2n) is 5.44. The van der Waals surface area contributed by atoms with Crippen molar-refractivity contribution in [1.29, 1.82) is 0 Å². The number of likely N-dealkylation sites (tertiary alicyclic amines) is 1. The van der Waals surface area contributed by atoms with Crippen molar-refractivity contribution in [3.8, 4) is 0 Å². The Bertz CT molecular complexity index is 592. The van der Waals surface area contributed by atoms with E-state index in [2.05, 4.69) is 15.4 Å². The van der Waals surface area contributed by atoms with Crippen molar-refractivity contribution in [3.05, 3.63) is 29.4 Å². The number of carbonyl (C=O) groups excluding carboxylic acids is 1. The summed E-state index contributed by atoms with van der Waals surface area (Å²) in [6, 6.07) is 0.295. The summed E-state index contributed by atoms with van der Waals surface area (Å²) in [4.78, 5) is 16.0. The van der Waals surface area contributed by atoms with Crippen LogP contribution in [0.4, 0.5) is 0 Å². The number of hydrogen-bond acceptors (Lipinski definition) is 5. The lowest BCUT2D eigenvalue weighted by Gasteiger charge is -2.31. The van der Waals surface area contributed by atoms with Crippen LogP contribution in [0, 0.1) is 13.8 Å². The molecule has 21 heavy (non-hydrogen) atoms. The molecular weight excluding hydrogens is 270 g/mol. The average molecular weight is 289 g/mol. The third kappa shape index (κ3) is 2.81. The number of aromatic nitrogens is 4. The van der Waals surface area contributed by atoms with Crippen molar-refractivity contribution >= 4 is 5.91 Å². The molecule has 0 spiro atoms. The molecule has 1 fully saturated rings. The maximum absolute atomic E-state index is 12.4. The molecule has 0 N–H and O–H groups in total. The standard InChI is InChI=1S/C14H19N5O2/c1-10-13(11(2)21-17-10)9-14(20)18-7-3-12(4-8-18)19-15-5-6-16-19/h5-6,12H,3-4,7-9H2,1-2H3. The Morgan fingerprint density at radius 1 is 1.29 bits per heavy atom. The third-order valence-electron chi connectivity index (χ3n) is 4.09. The minimum absolute atomic E-state index is 0.135. The van der Waals surface area contributed by atoms with Crippen molar-refractivity contribution < 1.29 is 9.32 Å². The lowest BCUT2D eigenvalue weighted by molar-refractivity contribution is -0.131. The number of piperidine rings is 1. The molecule has 2 aromatic rings. The molecule has 1 amide bonds. The maximum atomic E-state index is 12.4. The van der Waals surface area contributed by atoms with Gasteiger partial charge in [0.15, 0.2) is 0 Å². The van der Waals surface area contributed by atoms with Crippen molar-refractivity contribution in [3.63, 3.8) is 0 Å². The van der Waals surface area contributed by atoms with Gasteiger partial charge in [-0.1, -0.05) is 5.16 Å². The highest BCUT2D eigenvalue weighted by Crippen LogP contribution is 2.22. The van der Waals surface area contributed by atoms with Crippen LogP contribution in [-0.2, 0) is 11.2 Å². The van der Waals surface area contributed by atoms with Gasteiger partial charge in [0.25, 0.3) is 0 Å². The molecule has 2 aromatic heterocycles. The number of aryl methyl sites for hydroxylation is 2. The van der Waals surface area contributed by atoms with E-state index in [1.165, 1.54) is 0 Å². The molecule has 0 saturated carbocycles. The van der Waals surface area contributed by atoms with E-state index in [0.29, 0.717) is 12.5 Å². The first-order chi connectivity index (χ1) is 10.1. The zero-order chi connectivity index (χ0) is 14.8. The first kappa shape index (κ1) is 13.8. The van der Waals surface area contributed by atoms with Crippen LogP contribution in [0.15, 0.2) is 16.9 Å². The lowest BCUT2D eigenvalue weighted by atomic mass is 10.0. The van der Waals surface area contributed by atoms with Gasteiger partial charge in [-0.2, -0.15) is 15.0 Å². The van der Waals surface area contributed by atoms with E-state index >= 15 is 0 Å². The second kappa shape index (κ2) is 5.67. The van der Waals surface area contributed by atoms with Gasteiger partial charge in [0.2, 0.25) is 5.91 Å². The van der Waals surface area contributed by atoms with E-state index in [4.69, 9.17) is 4.52 Å². The van der Waals surface area contributed by atoms with Gasteiger partial charge >= 0.3 is 0 Å². The van der Waals surface area contributed by atoms with E-state index in [-0.39, 0.29) is 5.91 Å². The van der Waals surface area contributed by atoms with Crippen LogP contribution in [0.5, 0.6) is 0 Å². The minimum atomic E-state index is 0.135. The first-order valence-electron chi connectivity index (χ1n) is 7.20. The van der Waals surface area contributed by atoms with Gasteiger partial charge < -0.3 is 9.42 Å². The molecule has 0 aromatic carbocycles. The Morgan fingerprint density at radius 3 is 2.52 bits per heavy atom. The van der Waals surface area contributed by atoms with E-state index in [9.17, 15) is 4.79 Å². The topological polar surface area (TPSA) is 77.0 Å². The van der Waals surface area contributed by atoms with Gasteiger partial charge in [0.05, 0.1) is 30.6 Å². The molecule has 7 nitrogen and oxygen atoms in total.